The maximum atomic E-state index is 9.83. The van der Waals surface area contributed by atoms with Gasteiger partial charge in [-0.1, -0.05) is 29.9 Å². The minimum atomic E-state index is -0.528. The molecule has 1 aliphatic carbocycles. The summed E-state index contributed by atoms with van der Waals surface area (Å²) in [5.41, 5.74) is 2.85. The molecule has 0 aromatic rings. The van der Waals surface area contributed by atoms with Crippen LogP contribution >= 0.6 is 0 Å². The van der Waals surface area contributed by atoms with Gasteiger partial charge in [-0.25, -0.2) is 0 Å². The van der Waals surface area contributed by atoms with Gasteiger partial charge in [0.2, 0.25) is 0 Å². The molecule has 2 atom stereocenters. The lowest BCUT2D eigenvalue weighted by molar-refractivity contribution is 0.154. The SMILES string of the molecule is C=C(CC/C=C(\C)CO)C1CC=C(CO)C(O)C1. The van der Waals surface area contributed by atoms with E-state index in [0.717, 1.165) is 36.0 Å². The van der Waals surface area contributed by atoms with Crippen LogP contribution in [0.4, 0.5) is 0 Å². The standard InChI is InChI=1S/C15H24O3/c1-11(9-16)4-3-5-12(2)13-6-7-14(10-17)15(18)8-13/h4,7,13,15-18H,2-3,5-6,8-10H2,1H3/b11-4+. The minimum absolute atomic E-state index is 0.0568. The maximum Gasteiger partial charge on any atom is 0.0778 e. The molecule has 3 heteroatoms. The minimum Gasteiger partial charge on any atom is -0.392 e. The Hall–Kier alpha value is -0.900. The average Bonchev–Trinajstić information content (AvgIpc) is 2.38. The molecule has 0 aromatic carbocycles. The summed E-state index contributed by atoms with van der Waals surface area (Å²) in [6.45, 7) is 6.05. The van der Waals surface area contributed by atoms with Gasteiger partial charge >= 0.3 is 0 Å². The summed E-state index contributed by atoms with van der Waals surface area (Å²) in [4.78, 5) is 0. The Morgan fingerprint density at radius 3 is 2.78 bits per heavy atom. The first-order valence-corrected chi connectivity index (χ1v) is 6.50. The van der Waals surface area contributed by atoms with Crippen molar-refractivity contribution in [3.8, 4) is 0 Å². The fourth-order valence-corrected chi connectivity index (χ4v) is 2.22. The Labute approximate surface area is 109 Å². The van der Waals surface area contributed by atoms with Gasteiger partial charge in [-0.05, 0) is 44.1 Å². The molecule has 2 unspecified atom stereocenters. The number of allylic oxidation sites excluding steroid dienone is 3. The molecule has 18 heavy (non-hydrogen) atoms. The average molecular weight is 252 g/mol. The van der Waals surface area contributed by atoms with Gasteiger partial charge in [-0.15, -0.1) is 0 Å². The van der Waals surface area contributed by atoms with Gasteiger partial charge in [-0.3, -0.25) is 0 Å². The van der Waals surface area contributed by atoms with Crippen molar-refractivity contribution in [1.29, 1.82) is 0 Å². The highest BCUT2D eigenvalue weighted by Crippen LogP contribution is 2.30. The summed E-state index contributed by atoms with van der Waals surface area (Å²) < 4.78 is 0. The number of hydrogen-bond acceptors (Lipinski definition) is 3. The summed E-state index contributed by atoms with van der Waals surface area (Å²) in [5, 5.41) is 27.7. The summed E-state index contributed by atoms with van der Waals surface area (Å²) in [6, 6.07) is 0. The highest BCUT2D eigenvalue weighted by atomic mass is 16.3. The lowest BCUT2D eigenvalue weighted by atomic mass is 9.82. The first-order chi connectivity index (χ1) is 8.58. The van der Waals surface area contributed by atoms with Crippen molar-refractivity contribution < 1.29 is 15.3 Å². The van der Waals surface area contributed by atoms with Crippen LogP contribution in [0.5, 0.6) is 0 Å². The molecule has 0 aliphatic heterocycles. The first kappa shape index (κ1) is 15.2. The van der Waals surface area contributed by atoms with Gasteiger partial charge in [0.1, 0.15) is 0 Å². The van der Waals surface area contributed by atoms with Crippen molar-refractivity contribution in [2.45, 2.75) is 38.7 Å². The van der Waals surface area contributed by atoms with Crippen molar-refractivity contribution in [2.24, 2.45) is 5.92 Å². The molecule has 0 spiro atoms. The van der Waals surface area contributed by atoms with Crippen molar-refractivity contribution >= 4 is 0 Å². The van der Waals surface area contributed by atoms with E-state index in [1.807, 2.05) is 19.1 Å². The Morgan fingerprint density at radius 1 is 1.50 bits per heavy atom. The van der Waals surface area contributed by atoms with E-state index in [1.165, 1.54) is 0 Å². The Balaban J connectivity index is 2.43. The molecule has 102 valence electrons. The van der Waals surface area contributed by atoms with Crippen LogP contribution < -0.4 is 0 Å². The molecule has 0 saturated heterocycles. The molecule has 3 nitrogen and oxygen atoms in total. The zero-order valence-corrected chi connectivity index (χ0v) is 11.1. The van der Waals surface area contributed by atoms with Gasteiger partial charge in [0.05, 0.1) is 19.3 Å². The highest BCUT2D eigenvalue weighted by molar-refractivity contribution is 5.18. The Morgan fingerprint density at radius 2 is 2.22 bits per heavy atom. The van der Waals surface area contributed by atoms with E-state index >= 15 is 0 Å². The predicted octanol–water partition coefficient (Wildman–Crippen LogP) is 1.95. The van der Waals surface area contributed by atoms with Crippen LogP contribution in [0.1, 0.15) is 32.6 Å². The van der Waals surface area contributed by atoms with E-state index in [4.69, 9.17) is 10.2 Å². The fraction of sp³-hybridized carbons (Fsp3) is 0.600. The molecule has 3 N–H and O–H groups in total. The van der Waals surface area contributed by atoms with E-state index in [0.29, 0.717) is 12.3 Å². The second-order valence-corrected chi connectivity index (χ2v) is 5.03. The van der Waals surface area contributed by atoms with Crippen molar-refractivity contribution in [3.05, 3.63) is 35.5 Å². The summed E-state index contributed by atoms with van der Waals surface area (Å²) >= 11 is 0. The lowest BCUT2D eigenvalue weighted by Gasteiger charge is -2.27. The van der Waals surface area contributed by atoms with Crippen LogP contribution in [0.25, 0.3) is 0 Å². The monoisotopic (exact) mass is 252 g/mol. The predicted molar refractivity (Wildman–Crippen MR) is 73.1 cm³/mol. The number of hydrogen-bond donors (Lipinski definition) is 3. The van der Waals surface area contributed by atoms with Crippen LogP contribution in [0.2, 0.25) is 0 Å². The first-order valence-electron chi connectivity index (χ1n) is 6.50. The van der Waals surface area contributed by atoms with Crippen molar-refractivity contribution in [3.63, 3.8) is 0 Å². The molecule has 0 radical (unpaired) electrons. The fourth-order valence-electron chi connectivity index (χ4n) is 2.22. The topological polar surface area (TPSA) is 60.7 Å². The molecule has 0 heterocycles. The normalized spacial score (nSPS) is 24.9. The summed E-state index contributed by atoms with van der Waals surface area (Å²) in [5.74, 6) is 0.304. The highest BCUT2D eigenvalue weighted by Gasteiger charge is 2.23. The van der Waals surface area contributed by atoms with E-state index in [-0.39, 0.29) is 13.2 Å². The summed E-state index contributed by atoms with van der Waals surface area (Å²) in [7, 11) is 0. The molecule has 0 fully saturated rings. The van der Waals surface area contributed by atoms with Crippen LogP contribution in [-0.4, -0.2) is 34.6 Å². The van der Waals surface area contributed by atoms with Gasteiger partial charge in [0.15, 0.2) is 0 Å². The zero-order valence-electron chi connectivity index (χ0n) is 11.1. The third-order valence-electron chi connectivity index (χ3n) is 3.57. The van der Waals surface area contributed by atoms with Gasteiger partial charge in [0.25, 0.3) is 0 Å². The Kier molecular flexibility index (Phi) is 6.33. The molecule has 0 aromatic heterocycles. The maximum absolute atomic E-state index is 9.83. The largest absolute Gasteiger partial charge is 0.392 e. The zero-order chi connectivity index (χ0) is 13.5. The lowest BCUT2D eigenvalue weighted by Crippen LogP contribution is -2.23. The quantitative estimate of drug-likeness (QED) is 0.633. The molecule has 1 aliphatic rings. The smallest absolute Gasteiger partial charge is 0.0778 e. The van der Waals surface area contributed by atoms with Gasteiger partial charge in [0, 0.05) is 0 Å². The van der Waals surface area contributed by atoms with E-state index in [1.54, 1.807) is 0 Å². The molecule has 1 rings (SSSR count). The van der Waals surface area contributed by atoms with Gasteiger partial charge in [-0.2, -0.15) is 0 Å². The third-order valence-corrected chi connectivity index (χ3v) is 3.57. The third kappa shape index (κ3) is 4.41. The van der Waals surface area contributed by atoms with E-state index in [2.05, 4.69) is 6.58 Å². The van der Waals surface area contributed by atoms with E-state index < -0.39 is 6.10 Å². The van der Waals surface area contributed by atoms with Crippen LogP contribution in [0.3, 0.4) is 0 Å². The summed E-state index contributed by atoms with van der Waals surface area (Å²) in [6.07, 6.45) is 6.71. The molecule has 0 bridgehead atoms. The number of rotatable bonds is 6. The molecule has 0 amide bonds. The van der Waals surface area contributed by atoms with Crippen LogP contribution in [-0.2, 0) is 0 Å². The molecule has 0 saturated carbocycles. The van der Waals surface area contributed by atoms with Crippen molar-refractivity contribution in [2.75, 3.05) is 13.2 Å². The second kappa shape index (κ2) is 7.52. The van der Waals surface area contributed by atoms with Gasteiger partial charge < -0.3 is 15.3 Å². The number of aliphatic hydroxyl groups is 3. The van der Waals surface area contributed by atoms with Crippen molar-refractivity contribution in [1.82, 2.24) is 0 Å². The van der Waals surface area contributed by atoms with Crippen LogP contribution in [0.15, 0.2) is 35.5 Å². The molecular formula is C15H24O3. The molecular weight excluding hydrogens is 228 g/mol. The Bertz CT molecular complexity index is 342. The second-order valence-electron chi connectivity index (χ2n) is 5.03. The number of aliphatic hydroxyl groups excluding tert-OH is 3. The van der Waals surface area contributed by atoms with E-state index in [9.17, 15) is 5.11 Å². The van der Waals surface area contributed by atoms with Crippen LogP contribution in [0, 0.1) is 5.92 Å².